The van der Waals surface area contributed by atoms with E-state index < -0.39 is 0 Å². The Bertz CT molecular complexity index is 1070. The van der Waals surface area contributed by atoms with Crippen molar-refractivity contribution in [3.8, 4) is 17.0 Å². The topological polar surface area (TPSA) is 73.2 Å². The van der Waals surface area contributed by atoms with Crippen molar-refractivity contribution in [3.05, 3.63) is 80.0 Å². The number of carbonyl (C=O) groups excluding carboxylic acids is 1. The summed E-state index contributed by atoms with van der Waals surface area (Å²) in [5, 5.41) is 7.83. The zero-order valence-electron chi connectivity index (χ0n) is 15.1. The lowest BCUT2D eigenvalue weighted by molar-refractivity contribution is -0.123. The van der Waals surface area contributed by atoms with E-state index in [0.29, 0.717) is 10.7 Å². The highest BCUT2D eigenvalue weighted by atomic mass is 35.5. The minimum absolute atomic E-state index is 0.211. The molecule has 2 aromatic carbocycles. The zero-order chi connectivity index (χ0) is 20.8. The predicted octanol–water partition coefficient (Wildman–Crippen LogP) is 4.07. The van der Waals surface area contributed by atoms with E-state index in [2.05, 4.69) is 10.4 Å². The van der Waals surface area contributed by atoms with Crippen molar-refractivity contribution < 1.29 is 9.53 Å². The Labute approximate surface area is 182 Å². The SMILES string of the molecule is O=C(COc1cc(Cl)c(Cl)cc1Cl)NCCn1nc(-c2ccccc2)ccc1=O. The van der Waals surface area contributed by atoms with Crippen molar-refractivity contribution in [2.75, 3.05) is 13.2 Å². The van der Waals surface area contributed by atoms with Crippen molar-refractivity contribution in [1.29, 1.82) is 0 Å². The van der Waals surface area contributed by atoms with E-state index in [4.69, 9.17) is 39.5 Å². The average Bonchev–Trinajstić information content (AvgIpc) is 2.72. The number of nitrogens with one attached hydrogen (secondary N) is 1. The molecule has 3 aromatic rings. The minimum Gasteiger partial charge on any atom is -0.482 e. The van der Waals surface area contributed by atoms with Gasteiger partial charge >= 0.3 is 0 Å². The fraction of sp³-hybridized carbons (Fsp3) is 0.150. The molecule has 1 amide bonds. The monoisotopic (exact) mass is 451 g/mol. The van der Waals surface area contributed by atoms with E-state index in [0.717, 1.165) is 5.56 Å². The quantitative estimate of drug-likeness (QED) is 0.549. The van der Waals surface area contributed by atoms with Gasteiger partial charge in [-0.3, -0.25) is 9.59 Å². The van der Waals surface area contributed by atoms with E-state index in [1.165, 1.54) is 22.9 Å². The fourth-order valence-corrected chi connectivity index (χ4v) is 3.07. The Balaban J connectivity index is 1.54. The number of rotatable bonds is 7. The molecule has 0 fully saturated rings. The van der Waals surface area contributed by atoms with Crippen LogP contribution in [0.4, 0.5) is 0 Å². The number of hydrogen-bond donors (Lipinski definition) is 1. The third kappa shape index (κ3) is 5.73. The molecule has 0 radical (unpaired) electrons. The summed E-state index contributed by atoms with van der Waals surface area (Å²) < 4.78 is 6.67. The van der Waals surface area contributed by atoms with Gasteiger partial charge in [0.05, 0.1) is 27.3 Å². The first-order valence-corrected chi connectivity index (χ1v) is 9.75. The van der Waals surface area contributed by atoms with Crippen LogP contribution in [0.25, 0.3) is 11.3 Å². The van der Waals surface area contributed by atoms with Gasteiger partial charge in [0.25, 0.3) is 11.5 Å². The average molecular weight is 453 g/mol. The van der Waals surface area contributed by atoms with Crippen LogP contribution in [0.1, 0.15) is 0 Å². The molecule has 1 N–H and O–H groups in total. The summed E-state index contributed by atoms with van der Waals surface area (Å²) in [7, 11) is 0. The van der Waals surface area contributed by atoms with Crippen LogP contribution in [0.5, 0.6) is 5.75 Å². The van der Waals surface area contributed by atoms with Gasteiger partial charge in [0.15, 0.2) is 6.61 Å². The summed E-state index contributed by atoms with van der Waals surface area (Å²) in [6.45, 7) is 0.172. The Morgan fingerprint density at radius 1 is 1.00 bits per heavy atom. The molecule has 0 bridgehead atoms. The molecule has 0 unspecified atom stereocenters. The van der Waals surface area contributed by atoms with Crippen LogP contribution < -0.4 is 15.6 Å². The van der Waals surface area contributed by atoms with Crippen LogP contribution in [0.15, 0.2) is 59.4 Å². The third-order valence-corrected chi connectivity index (χ3v) is 4.93. The van der Waals surface area contributed by atoms with Crippen LogP contribution in [0, 0.1) is 0 Å². The third-order valence-electron chi connectivity index (χ3n) is 3.92. The van der Waals surface area contributed by atoms with Gasteiger partial charge in [-0.15, -0.1) is 0 Å². The Kier molecular flexibility index (Phi) is 7.14. The van der Waals surface area contributed by atoms with Crippen molar-refractivity contribution in [3.63, 3.8) is 0 Å². The van der Waals surface area contributed by atoms with E-state index in [1.54, 1.807) is 6.07 Å². The standard InChI is InChI=1S/C20H16Cl3N3O3/c21-14-10-16(23)18(11-15(14)22)29-12-19(27)24-8-9-26-20(28)7-6-17(25-26)13-4-2-1-3-5-13/h1-7,10-11H,8-9,12H2,(H,24,27). The van der Waals surface area contributed by atoms with Gasteiger partial charge in [-0.1, -0.05) is 65.1 Å². The highest BCUT2D eigenvalue weighted by molar-refractivity contribution is 6.43. The maximum absolute atomic E-state index is 12.0. The summed E-state index contributed by atoms with van der Waals surface area (Å²) in [5.74, 6) is -0.121. The van der Waals surface area contributed by atoms with Gasteiger partial charge in [-0.05, 0) is 12.1 Å². The molecule has 0 saturated carbocycles. The highest BCUT2D eigenvalue weighted by Gasteiger charge is 2.10. The number of aromatic nitrogens is 2. The Morgan fingerprint density at radius 3 is 2.48 bits per heavy atom. The molecule has 150 valence electrons. The molecule has 0 aliphatic heterocycles. The summed E-state index contributed by atoms with van der Waals surface area (Å²) in [4.78, 5) is 24.0. The zero-order valence-corrected chi connectivity index (χ0v) is 17.3. The number of amides is 1. The summed E-state index contributed by atoms with van der Waals surface area (Å²) >= 11 is 17.8. The molecule has 0 spiro atoms. The second-order valence-corrected chi connectivity index (χ2v) is 7.20. The lowest BCUT2D eigenvalue weighted by atomic mass is 10.1. The van der Waals surface area contributed by atoms with Crippen LogP contribution in [0.3, 0.4) is 0 Å². The molecule has 9 heteroatoms. The number of ether oxygens (including phenoxy) is 1. The number of halogens is 3. The summed E-state index contributed by atoms with van der Waals surface area (Å²) in [6, 6.07) is 15.5. The first kappa shape index (κ1) is 21.2. The lowest BCUT2D eigenvalue weighted by Crippen LogP contribution is -2.34. The number of carbonyl (C=O) groups is 1. The maximum Gasteiger partial charge on any atom is 0.266 e. The predicted molar refractivity (Wildman–Crippen MR) is 114 cm³/mol. The maximum atomic E-state index is 12.0. The number of nitrogens with zero attached hydrogens (tertiary/aromatic N) is 2. The molecule has 1 heterocycles. The lowest BCUT2D eigenvalue weighted by Gasteiger charge is -2.11. The van der Waals surface area contributed by atoms with Crippen LogP contribution in [-0.2, 0) is 11.3 Å². The summed E-state index contributed by atoms with van der Waals surface area (Å²) in [6.07, 6.45) is 0. The Hall–Kier alpha value is -2.54. The largest absolute Gasteiger partial charge is 0.482 e. The fourth-order valence-electron chi connectivity index (χ4n) is 2.48. The molecule has 6 nitrogen and oxygen atoms in total. The van der Waals surface area contributed by atoms with Gasteiger partial charge in [0.1, 0.15) is 5.75 Å². The second kappa shape index (κ2) is 9.78. The number of benzene rings is 2. The van der Waals surface area contributed by atoms with Crippen molar-refractivity contribution in [2.45, 2.75) is 6.54 Å². The van der Waals surface area contributed by atoms with Gasteiger partial charge in [-0.2, -0.15) is 5.10 Å². The van der Waals surface area contributed by atoms with Gasteiger partial charge in [0.2, 0.25) is 0 Å². The van der Waals surface area contributed by atoms with Gasteiger partial charge < -0.3 is 10.1 Å². The van der Waals surface area contributed by atoms with Gasteiger partial charge in [0, 0.05) is 24.2 Å². The normalized spacial score (nSPS) is 10.6. The van der Waals surface area contributed by atoms with Crippen LogP contribution >= 0.6 is 34.8 Å². The molecule has 0 aliphatic rings. The van der Waals surface area contributed by atoms with Crippen molar-refractivity contribution in [1.82, 2.24) is 15.1 Å². The molecule has 1 aromatic heterocycles. The van der Waals surface area contributed by atoms with Crippen molar-refractivity contribution >= 4 is 40.7 Å². The molecule has 0 aliphatic carbocycles. The molecular weight excluding hydrogens is 437 g/mol. The molecular formula is C20H16Cl3N3O3. The van der Waals surface area contributed by atoms with E-state index in [1.807, 2.05) is 30.3 Å². The molecule has 3 rings (SSSR count). The van der Waals surface area contributed by atoms with Crippen LogP contribution in [0.2, 0.25) is 15.1 Å². The van der Waals surface area contributed by atoms with Crippen LogP contribution in [-0.4, -0.2) is 28.8 Å². The van der Waals surface area contributed by atoms with Gasteiger partial charge in [-0.25, -0.2) is 4.68 Å². The highest BCUT2D eigenvalue weighted by Crippen LogP contribution is 2.33. The molecule has 29 heavy (non-hydrogen) atoms. The molecule has 0 saturated heterocycles. The summed E-state index contributed by atoms with van der Waals surface area (Å²) in [5.41, 5.74) is 1.32. The first-order valence-electron chi connectivity index (χ1n) is 8.61. The number of hydrogen-bond acceptors (Lipinski definition) is 4. The van der Waals surface area contributed by atoms with E-state index >= 15 is 0 Å². The smallest absolute Gasteiger partial charge is 0.266 e. The van der Waals surface area contributed by atoms with Crippen molar-refractivity contribution in [2.24, 2.45) is 0 Å². The second-order valence-electron chi connectivity index (χ2n) is 5.98. The van der Waals surface area contributed by atoms with E-state index in [-0.39, 0.29) is 47.0 Å². The van der Waals surface area contributed by atoms with E-state index in [9.17, 15) is 9.59 Å². The Morgan fingerprint density at radius 2 is 1.72 bits per heavy atom. The first-order chi connectivity index (χ1) is 13.9. The molecule has 0 atom stereocenters. The minimum atomic E-state index is -0.376.